The first-order valence-corrected chi connectivity index (χ1v) is 5.38. The zero-order valence-electron chi connectivity index (χ0n) is 9.31. The van der Waals surface area contributed by atoms with Crippen LogP contribution in [0.5, 0.6) is 5.88 Å². The summed E-state index contributed by atoms with van der Waals surface area (Å²) in [6.45, 7) is 4.07. The third-order valence-electron chi connectivity index (χ3n) is 2.63. The molecule has 1 atom stereocenters. The lowest BCUT2D eigenvalue weighted by molar-refractivity contribution is 0.0996. The van der Waals surface area contributed by atoms with Crippen molar-refractivity contribution in [2.24, 2.45) is 0 Å². The van der Waals surface area contributed by atoms with E-state index >= 15 is 0 Å². The highest BCUT2D eigenvalue weighted by molar-refractivity contribution is 5.06. The Labute approximate surface area is 90.3 Å². The van der Waals surface area contributed by atoms with Crippen LogP contribution in [0.25, 0.3) is 0 Å². The predicted octanol–water partition coefficient (Wildman–Crippen LogP) is 1.26. The molecule has 0 N–H and O–H groups in total. The van der Waals surface area contributed by atoms with Crippen LogP contribution in [0.15, 0.2) is 12.4 Å². The van der Waals surface area contributed by atoms with Gasteiger partial charge in [-0.2, -0.15) is 0 Å². The van der Waals surface area contributed by atoms with Gasteiger partial charge < -0.3 is 9.64 Å². The number of hydrogen-bond donors (Lipinski definition) is 0. The second-order valence-electron chi connectivity index (χ2n) is 4.14. The van der Waals surface area contributed by atoms with Gasteiger partial charge in [-0.05, 0) is 33.4 Å². The molecule has 0 radical (unpaired) electrons. The first-order chi connectivity index (χ1) is 7.24. The SMILES string of the molecule is Cc1cnc(OC2CCCN(C)C2)cn1. The number of ether oxygens (including phenoxy) is 1. The molecule has 1 aromatic rings. The molecule has 1 unspecified atom stereocenters. The first-order valence-electron chi connectivity index (χ1n) is 5.38. The van der Waals surface area contributed by atoms with E-state index < -0.39 is 0 Å². The van der Waals surface area contributed by atoms with Crippen molar-refractivity contribution in [2.45, 2.75) is 25.9 Å². The van der Waals surface area contributed by atoms with Crippen molar-refractivity contribution in [1.29, 1.82) is 0 Å². The minimum atomic E-state index is 0.265. The Morgan fingerprint density at radius 1 is 1.40 bits per heavy atom. The van der Waals surface area contributed by atoms with Crippen LogP contribution in [0.1, 0.15) is 18.5 Å². The normalized spacial score (nSPS) is 22.7. The summed E-state index contributed by atoms with van der Waals surface area (Å²) in [5, 5.41) is 0. The topological polar surface area (TPSA) is 38.2 Å². The van der Waals surface area contributed by atoms with Crippen LogP contribution in [0.3, 0.4) is 0 Å². The van der Waals surface area contributed by atoms with E-state index in [1.54, 1.807) is 12.4 Å². The average Bonchev–Trinajstić information content (AvgIpc) is 2.22. The van der Waals surface area contributed by atoms with Crippen molar-refractivity contribution in [2.75, 3.05) is 20.1 Å². The fraction of sp³-hybridized carbons (Fsp3) is 0.636. The quantitative estimate of drug-likeness (QED) is 0.731. The van der Waals surface area contributed by atoms with E-state index in [0.717, 1.165) is 18.7 Å². The van der Waals surface area contributed by atoms with Crippen molar-refractivity contribution in [3.63, 3.8) is 0 Å². The second-order valence-corrected chi connectivity index (χ2v) is 4.14. The largest absolute Gasteiger partial charge is 0.472 e. The second kappa shape index (κ2) is 4.57. The van der Waals surface area contributed by atoms with E-state index in [4.69, 9.17) is 4.74 Å². The lowest BCUT2D eigenvalue weighted by Gasteiger charge is -2.29. The number of aryl methyl sites for hydroxylation is 1. The highest BCUT2D eigenvalue weighted by Crippen LogP contribution is 2.14. The maximum absolute atomic E-state index is 5.77. The molecule has 0 saturated carbocycles. The molecule has 4 heteroatoms. The summed E-state index contributed by atoms with van der Waals surface area (Å²) in [6, 6.07) is 0. The van der Waals surface area contributed by atoms with Crippen molar-refractivity contribution >= 4 is 0 Å². The fourth-order valence-corrected chi connectivity index (χ4v) is 1.83. The molecule has 1 aromatic heterocycles. The number of hydrogen-bond acceptors (Lipinski definition) is 4. The van der Waals surface area contributed by atoms with Crippen LogP contribution in [0.4, 0.5) is 0 Å². The number of likely N-dealkylation sites (N-methyl/N-ethyl adjacent to an activating group) is 1. The molecule has 0 aliphatic carbocycles. The highest BCUT2D eigenvalue weighted by atomic mass is 16.5. The molecular weight excluding hydrogens is 190 g/mol. The van der Waals surface area contributed by atoms with Crippen LogP contribution < -0.4 is 4.74 Å². The number of aromatic nitrogens is 2. The zero-order chi connectivity index (χ0) is 10.7. The van der Waals surface area contributed by atoms with Crippen LogP contribution in [-0.4, -0.2) is 41.1 Å². The smallest absolute Gasteiger partial charge is 0.232 e. The first kappa shape index (κ1) is 10.4. The Balaban J connectivity index is 1.93. The number of likely N-dealkylation sites (tertiary alicyclic amines) is 1. The van der Waals surface area contributed by atoms with Gasteiger partial charge in [0.15, 0.2) is 0 Å². The van der Waals surface area contributed by atoms with Gasteiger partial charge in [0.2, 0.25) is 5.88 Å². The van der Waals surface area contributed by atoms with Gasteiger partial charge in [-0.3, -0.25) is 4.98 Å². The van der Waals surface area contributed by atoms with Crippen molar-refractivity contribution in [3.8, 4) is 5.88 Å². The molecule has 1 aliphatic rings. The van der Waals surface area contributed by atoms with Gasteiger partial charge in [0.25, 0.3) is 0 Å². The van der Waals surface area contributed by atoms with Crippen LogP contribution in [-0.2, 0) is 0 Å². The van der Waals surface area contributed by atoms with Crippen molar-refractivity contribution < 1.29 is 4.74 Å². The molecule has 0 aromatic carbocycles. The van der Waals surface area contributed by atoms with E-state index in [9.17, 15) is 0 Å². The molecule has 4 nitrogen and oxygen atoms in total. The van der Waals surface area contributed by atoms with Crippen molar-refractivity contribution in [3.05, 3.63) is 18.1 Å². The van der Waals surface area contributed by atoms with Gasteiger partial charge in [-0.15, -0.1) is 0 Å². The Hall–Kier alpha value is -1.16. The molecule has 1 saturated heterocycles. The number of nitrogens with zero attached hydrogens (tertiary/aromatic N) is 3. The molecule has 1 aliphatic heterocycles. The zero-order valence-corrected chi connectivity index (χ0v) is 9.31. The van der Waals surface area contributed by atoms with Gasteiger partial charge in [-0.25, -0.2) is 4.98 Å². The van der Waals surface area contributed by atoms with E-state index in [-0.39, 0.29) is 6.10 Å². The summed E-state index contributed by atoms with van der Waals surface area (Å²) in [5.74, 6) is 0.640. The third kappa shape index (κ3) is 2.89. The molecular formula is C11H17N3O. The monoisotopic (exact) mass is 207 g/mol. The summed E-state index contributed by atoms with van der Waals surface area (Å²) < 4.78 is 5.77. The minimum absolute atomic E-state index is 0.265. The van der Waals surface area contributed by atoms with Gasteiger partial charge in [0, 0.05) is 6.54 Å². The molecule has 2 heterocycles. The van der Waals surface area contributed by atoms with Crippen LogP contribution >= 0.6 is 0 Å². The maximum atomic E-state index is 5.77. The van der Waals surface area contributed by atoms with Gasteiger partial charge in [0.1, 0.15) is 6.10 Å². The fourth-order valence-electron chi connectivity index (χ4n) is 1.83. The summed E-state index contributed by atoms with van der Waals surface area (Å²) in [7, 11) is 2.12. The predicted molar refractivity (Wildman–Crippen MR) is 57.9 cm³/mol. The van der Waals surface area contributed by atoms with E-state index in [1.165, 1.54) is 13.0 Å². The Morgan fingerprint density at radius 2 is 2.27 bits per heavy atom. The Kier molecular flexibility index (Phi) is 3.16. The van der Waals surface area contributed by atoms with Crippen LogP contribution in [0, 0.1) is 6.92 Å². The average molecular weight is 207 g/mol. The van der Waals surface area contributed by atoms with Crippen LogP contribution in [0.2, 0.25) is 0 Å². The van der Waals surface area contributed by atoms with E-state index in [2.05, 4.69) is 21.9 Å². The summed E-state index contributed by atoms with van der Waals surface area (Å²) in [6.07, 6.45) is 6.01. The minimum Gasteiger partial charge on any atom is -0.472 e. The third-order valence-corrected chi connectivity index (χ3v) is 2.63. The molecule has 82 valence electrons. The lowest BCUT2D eigenvalue weighted by Crippen LogP contribution is -2.38. The van der Waals surface area contributed by atoms with E-state index in [0.29, 0.717) is 5.88 Å². The number of rotatable bonds is 2. The maximum Gasteiger partial charge on any atom is 0.232 e. The molecule has 15 heavy (non-hydrogen) atoms. The Morgan fingerprint density at radius 3 is 2.93 bits per heavy atom. The van der Waals surface area contributed by atoms with E-state index in [1.807, 2.05) is 6.92 Å². The van der Waals surface area contributed by atoms with Gasteiger partial charge in [0.05, 0.1) is 18.1 Å². The standard InChI is InChI=1S/C11H17N3O/c1-9-6-13-11(7-12-9)15-10-4-3-5-14(2)8-10/h6-7,10H,3-5,8H2,1-2H3. The summed E-state index contributed by atoms with van der Waals surface area (Å²) >= 11 is 0. The Bertz CT molecular complexity index is 312. The molecule has 0 bridgehead atoms. The summed E-state index contributed by atoms with van der Waals surface area (Å²) in [4.78, 5) is 10.6. The molecule has 0 spiro atoms. The molecule has 1 fully saturated rings. The number of piperidine rings is 1. The highest BCUT2D eigenvalue weighted by Gasteiger charge is 2.18. The lowest BCUT2D eigenvalue weighted by atomic mass is 10.1. The van der Waals surface area contributed by atoms with Gasteiger partial charge >= 0.3 is 0 Å². The van der Waals surface area contributed by atoms with Crippen molar-refractivity contribution in [1.82, 2.24) is 14.9 Å². The summed E-state index contributed by atoms with van der Waals surface area (Å²) in [5.41, 5.74) is 0.920. The van der Waals surface area contributed by atoms with Gasteiger partial charge in [-0.1, -0.05) is 0 Å². The molecule has 2 rings (SSSR count). The molecule has 0 amide bonds.